The molecule has 25 nitrogen and oxygen atoms in total. The molecule has 7 N–H and O–H groups in total. The van der Waals surface area contributed by atoms with Crippen molar-refractivity contribution in [3.8, 4) is 0 Å². The second-order valence-electron chi connectivity index (χ2n) is 27.5. The molecule has 97 heavy (non-hydrogen) atoms. The van der Waals surface area contributed by atoms with Crippen LogP contribution in [-0.4, -0.2) is 219 Å². The lowest BCUT2D eigenvalue weighted by Crippen LogP contribution is -2.68. The molecule has 0 amide bonds. The summed E-state index contributed by atoms with van der Waals surface area (Å²) in [7, 11) is 0. The Morgan fingerprint density at radius 2 is 1.04 bits per heavy atom. The Hall–Kier alpha value is -3.84. The van der Waals surface area contributed by atoms with Gasteiger partial charge < -0.3 is 102 Å². The Morgan fingerprint density at radius 3 is 1.73 bits per heavy atom. The fourth-order valence-corrected chi connectivity index (χ4v) is 13.3. The highest BCUT2D eigenvalue weighted by Crippen LogP contribution is 2.40. The largest absolute Gasteiger partial charge is 0.455 e. The summed E-state index contributed by atoms with van der Waals surface area (Å²) in [6.45, 7) is 15.3. The first kappa shape index (κ1) is 80.5. The zero-order valence-electron chi connectivity index (χ0n) is 58.6. The predicted molar refractivity (Wildman–Crippen MR) is 350 cm³/mol. The van der Waals surface area contributed by atoms with Gasteiger partial charge in [-0.05, 0) is 78.4 Å². The van der Waals surface area contributed by atoms with Crippen molar-refractivity contribution in [2.24, 2.45) is 5.92 Å². The lowest BCUT2D eigenvalue weighted by molar-refractivity contribution is -0.399. The molecule has 6 heterocycles. The molecule has 1 aromatic rings. The van der Waals surface area contributed by atoms with Crippen LogP contribution in [0.25, 0.3) is 6.08 Å². The van der Waals surface area contributed by atoms with Crippen LogP contribution in [0.3, 0.4) is 0 Å². The first-order valence-electron chi connectivity index (χ1n) is 36.4. The molecule has 0 spiro atoms. The summed E-state index contributed by atoms with van der Waals surface area (Å²) < 4.78 is 89.5. The molecule has 554 valence electrons. The zero-order valence-corrected chi connectivity index (χ0v) is 58.6. The van der Waals surface area contributed by atoms with Crippen molar-refractivity contribution in [3.63, 3.8) is 0 Å². The molecule has 0 unspecified atom stereocenters. The number of aliphatic hydroxyl groups excluding tert-OH is 7. The summed E-state index contributed by atoms with van der Waals surface area (Å²) in [5.41, 5.74) is 0.670. The second-order valence-corrected chi connectivity index (χ2v) is 27.5. The number of hydrogen-bond acceptors (Lipinski definition) is 25. The van der Waals surface area contributed by atoms with Gasteiger partial charge in [-0.25, -0.2) is 4.79 Å². The minimum atomic E-state index is -1.95. The Kier molecular flexibility index (Phi) is 33.8. The summed E-state index contributed by atoms with van der Waals surface area (Å²) in [6, 6.07) is 8.93. The summed E-state index contributed by atoms with van der Waals surface area (Å²) in [4.78, 5) is 55.8. The highest BCUT2D eigenvalue weighted by Gasteiger charge is 2.59. The van der Waals surface area contributed by atoms with Gasteiger partial charge in [-0.15, -0.1) is 0 Å². The number of carbonyl (C=O) groups excluding carboxylic acids is 4. The third-order valence-electron chi connectivity index (χ3n) is 19.6. The third-order valence-corrected chi connectivity index (χ3v) is 19.6. The van der Waals surface area contributed by atoms with Crippen molar-refractivity contribution >= 4 is 30.0 Å². The normalized spacial score (nSPS) is 38.5. The molecule has 0 radical (unpaired) electrons. The van der Waals surface area contributed by atoms with E-state index in [2.05, 4.69) is 13.8 Å². The van der Waals surface area contributed by atoms with Crippen molar-refractivity contribution in [2.75, 3.05) is 0 Å². The van der Waals surface area contributed by atoms with E-state index in [1.165, 1.54) is 39.7 Å². The first-order valence-corrected chi connectivity index (χ1v) is 36.4. The Bertz CT molecular complexity index is 2490. The quantitative estimate of drug-likeness (QED) is 0.0193. The fraction of sp³-hybridized carbons (Fsp3) is 0.833. The van der Waals surface area contributed by atoms with Crippen LogP contribution < -0.4 is 0 Å². The monoisotopic (exact) mass is 1380 g/mol. The summed E-state index contributed by atoms with van der Waals surface area (Å²) in [6.07, 6.45) is -17.0. The number of unbranched alkanes of at least 4 members (excludes halogenated alkanes) is 10. The van der Waals surface area contributed by atoms with Crippen LogP contribution in [0.1, 0.15) is 222 Å². The molecule has 6 aliphatic heterocycles. The number of aliphatic hydroxyl groups is 7. The van der Waals surface area contributed by atoms with Gasteiger partial charge in [0.25, 0.3) is 0 Å². The minimum absolute atomic E-state index is 0.0395. The molecule has 0 bridgehead atoms. The number of esters is 4. The minimum Gasteiger partial charge on any atom is -0.455 e. The van der Waals surface area contributed by atoms with E-state index < -0.39 is 183 Å². The lowest BCUT2D eigenvalue weighted by atomic mass is 9.95. The maximum atomic E-state index is 14.4. The highest BCUT2D eigenvalue weighted by atomic mass is 16.8. The van der Waals surface area contributed by atoms with E-state index in [9.17, 15) is 54.9 Å². The Labute approximate surface area is 573 Å². The standard InChI is InChI=1S/C72H116O25/c1-10-13-15-16-17-18-21-24-31-37-49(73)90-60-45(8)86-69(58(82)62(60)91-51(75)40-39-47-33-28-26-29-34-47)95-61-46(9)88-72(66(93-67(83)41(4)12-3)65(61)97-68-56(80)54(78)52(76)42(5)84-68)94-59-44(7)87-71-64(57(59)81)92-50(74)38-32-25-22-19-20-23-30-36-48(35-27-14-11-2)89-70-63(96-71)55(79)53(77)43(6)85-70/h26,28-29,33-34,39-46,48,52-66,68-72,76-82H,10-25,27,30-32,35-38H2,1-9H3/t41-,42-,43+,44-,45-,46-,48-,52-,53-,54+,55-,56+,57+,58+,59-,60-,61-,62-,63+,64+,65+,66+,68-,69-,70-,71-,72-/m0/s1. The van der Waals surface area contributed by atoms with Gasteiger partial charge in [0.1, 0.15) is 67.1 Å². The van der Waals surface area contributed by atoms with E-state index in [4.69, 9.17) is 66.3 Å². The van der Waals surface area contributed by atoms with Crippen LogP contribution in [0.2, 0.25) is 0 Å². The average molecular weight is 1380 g/mol. The molecule has 25 heteroatoms. The van der Waals surface area contributed by atoms with Crippen LogP contribution >= 0.6 is 0 Å². The molecule has 0 aliphatic carbocycles. The number of benzene rings is 1. The average Bonchev–Trinajstić information content (AvgIpc) is 0.768. The van der Waals surface area contributed by atoms with E-state index in [1.807, 2.05) is 6.07 Å². The molecule has 6 saturated heterocycles. The van der Waals surface area contributed by atoms with Crippen LogP contribution in [0.15, 0.2) is 36.4 Å². The van der Waals surface area contributed by atoms with Crippen molar-refractivity contribution in [1.29, 1.82) is 0 Å². The molecular formula is C72H116O25. The molecule has 7 rings (SSSR count). The van der Waals surface area contributed by atoms with Gasteiger partial charge in [-0.1, -0.05) is 167 Å². The SMILES string of the molecule is CCCCCCCCCCCC(=O)O[C@@H]1[C@@H](OC(=O)C=Cc2ccccc2)[C@@H](O)[C@H](O[C@@H]2[C@@H](O[C@@H]3O[C@@H](C)[C@H](O)[C@@H](O)[C@H]3O)[C@@H](OC(=O)[C@@H](C)CC)[C@H](O[C@@H]3[C@@H](O)[C@H]4OC(=O)CCCCCCCCC[C@H](CCCCC)O[C@@H]5O[C@H](C)[C@H](O)[C@H](O)[C@H]5O[C@@H]4O[C@H]3C)O[C@H]2C)O[C@H]1C. The molecule has 27 atom stereocenters. The number of ether oxygens (including phenoxy) is 14. The topological polar surface area (TPSA) is 339 Å². The molecule has 1 aromatic carbocycles. The van der Waals surface area contributed by atoms with Gasteiger partial charge >= 0.3 is 23.9 Å². The van der Waals surface area contributed by atoms with E-state index in [0.29, 0.717) is 31.2 Å². The van der Waals surface area contributed by atoms with Gasteiger partial charge in [-0.2, -0.15) is 0 Å². The van der Waals surface area contributed by atoms with Crippen molar-refractivity contribution < 1.29 is 121 Å². The number of rotatable bonds is 27. The molecule has 0 aromatic heterocycles. The summed E-state index contributed by atoms with van der Waals surface area (Å²) >= 11 is 0. The molecule has 6 fully saturated rings. The number of hydrogen-bond donors (Lipinski definition) is 7. The predicted octanol–water partition coefficient (Wildman–Crippen LogP) is 7.60. The van der Waals surface area contributed by atoms with E-state index in [-0.39, 0.29) is 25.4 Å². The summed E-state index contributed by atoms with van der Waals surface area (Å²) in [5.74, 6) is -3.81. The second kappa shape index (κ2) is 40.7. The Balaban J connectivity index is 1.20. The molecule has 6 aliphatic rings. The number of fused-ring (bicyclic) bond motifs is 2. The van der Waals surface area contributed by atoms with Crippen molar-refractivity contribution in [1.82, 2.24) is 0 Å². The van der Waals surface area contributed by atoms with Crippen LogP contribution in [0, 0.1) is 5.92 Å². The van der Waals surface area contributed by atoms with Gasteiger partial charge in [-0.3, -0.25) is 14.4 Å². The fourth-order valence-electron chi connectivity index (χ4n) is 13.3. The Morgan fingerprint density at radius 1 is 0.495 bits per heavy atom. The highest BCUT2D eigenvalue weighted by molar-refractivity contribution is 5.87. The van der Waals surface area contributed by atoms with Gasteiger partial charge in [0.2, 0.25) is 0 Å². The smallest absolute Gasteiger partial charge is 0.331 e. The van der Waals surface area contributed by atoms with E-state index in [0.717, 1.165) is 102 Å². The van der Waals surface area contributed by atoms with Crippen LogP contribution in [0.4, 0.5) is 0 Å². The van der Waals surface area contributed by atoms with Crippen molar-refractivity contribution in [2.45, 2.75) is 376 Å². The molecule has 0 saturated carbocycles. The van der Waals surface area contributed by atoms with Crippen LogP contribution in [0.5, 0.6) is 0 Å². The summed E-state index contributed by atoms with van der Waals surface area (Å²) in [5, 5.41) is 81.9. The third kappa shape index (κ3) is 23.3. The van der Waals surface area contributed by atoms with E-state index >= 15 is 0 Å². The number of carbonyl (C=O) groups is 4. The van der Waals surface area contributed by atoms with E-state index in [1.54, 1.807) is 52.0 Å². The first-order chi connectivity index (χ1) is 46.5. The maximum absolute atomic E-state index is 14.4. The lowest BCUT2D eigenvalue weighted by Gasteiger charge is -2.51. The zero-order chi connectivity index (χ0) is 70.3. The van der Waals surface area contributed by atoms with Gasteiger partial charge in [0, 0.05) is 18.9 Å². The van der Waals surface area contributed by atoms with Crippen LogP contribution in [-0.2, 0) is 85.5 Å². The van der Waals surface area contributed by atoms with Gasteiger partial charge in [0.05, 0.1) is 42.5 Å². The molecular weight excluding hydrogens is 1260 g/mol. The van der Waals surface area contributed by atoms with Crippen molar-refractivity contribution in [3.05, 3.63) is 42.0 Å². The van der Waals surface area contributed by atoms with Gasteiger partial charge in [0.15, 0.2) is 55.9 Å². The maximum Gasteiger partial charge on any atom is 0.331 e.